The van der Waals surface area contributed by atoms with Crippen molar-refractivity contribution >= 4 is 0 Å². The lowest BCUT2D eigenvalue weighted by molar-refractivity contribution is 0.237. The van der Waals surface area contributed by atoms with Gasteiger partial charge in [0.1, 0.15) is 29.6 Å². The zero-order valence-corrected chi connectivity index (χ0v) is 19.1. The molecular formula is C28H31NO4. The summed E-state index contributed by atoms with van der Waals surface area (Å²) < 4.78 is 17.7. The van der Waals surface area contributed by atoms with E-state index in [1.165, 1.54) is 31.5 Å². The van der Waals surface area contributed by atoms with E-state index in [1.54, 1.807) is 13.2 Å². The molecule has 0 saturated carbocycles. The van der Waals surface area contributed by atoms with Gasteiger partial charge >= 0.3 is 0 Å². The van der Waals surface area contributed by atoms with Gasteiger partial charge in [-0.1, -0.05) is 24.3 Å². The maximum Gasteiger partial charge on any atom is 0.123 e. The molecule has 0 bridgehead atoms. The van der Waals surface area contributed by atoms with Gasteiger partial charge in [-0.3, -0.25) is 4.90 Å². The first-order chi connectivity index (χ1) is 16.2. The molecular weight excluding hydrogens is 414 g/mol. The van der Waals surface area contributed by atoms with Crippen LogP contribution in [0.25, 0.3) is 0 Å². The Labute approximate surface area is 195 Å². The van der Waals surface area contributed by atoms with Gasteiger partial charge in [0, 0.05) is 23.9 Å². The Hall–Kier alpha value is -3.18. The van der Waals surface area contributed by atoms with Gasteiger partial charge in [0.05, 0.1) is 13.7 Å². The van der Waals surface area contributed by atoms with Gasteiger partial charge in [0.25, 0.3) is 0 Å². The predicted molar refractivity (Wildman–Crippen MR) is 129 cm³/mol. The van der Waals surface area contributed by atoms with E-state index in [9.17, 15) is 5.11 Å². The molecule has 0 amide bonds. The van der Waals surface area contributed by atoms with Crippen LogP contribution < -0.4 is 14.2 Å². The van der Waals surface area contributed by atoms with Crippen molar-refractivity contribution in [3.05, 3.63) is 83.4 Å². The first-order valence-corrected chi connectivity index (χ1v) is 11.8. The Balaban J connectivity index is 1.42. The minimum absolute atomic E-state index is 0.0682. The van der Waals surface area contributed by atoms with Gasteiger partial charge in [0.15, 0.2) is 0 Å². The summed E-state index contributed by atoms with van der Waals surface area (Å²) in [5, 5.41) is 10.1. The van der Waals surface area contributed by atoms with E-state index in [-0.39, 0.29) is 17.6 Å². The van der Waals surface area contributed by atoms with E-state index >= 15 is 0 Å². The van der Waals surface area contributed by atoms with Crippen molar-refractivity contribution in [2.24, 2.45) is 0 Å². The molecule has 1 saturated heterocycles. The molecule has 0 aliphatic carbocycles. The van der Waals surface area contributed by atoms with Crippen molar-refractivity contribution in [1.82, 2.24) is 4.90 Å². The first-order valence-electron chi connectivity index (χ1n) is 11.8. The van der Waals surface area contributed by atoms with Gasteiger partial charge in [0.2, 0.25) is 0 Å². The third-order valence-electron chi connectivity index (χ3n) is 6.79. The van der Waals surface area contributed by atoms with Crippen LogP contribution in [0.2, 0.25) is 0 Å². The van der Waals surface area contributed by atoms with E-state index in [4.69, 9.17) is 14.2 Å². The molecule has 33 heavy (non-hydrogen) atoms. The van der Waals surface area contributed by atoms with Crippen LogP contribution in [0.1, 0.15) is 41.4 Å². The van der Waals surface area contributed by atoms with E-state index in [0.29, 0.717) is 13.2 Å². The summed E-state index contributed by atoms with van der Waals surface area (Å²) in [5.74, 6) is 2.99. The molecule has 2 aliphatic rings. The number of hydrogen-bond donors (Lipinski definition) is 1. The number of rotatable bonds is 7. The molecule has 5 heteroatoms. The van der Waals surface area contributed by atoms with Crippen LogP contribution in [0, 0.1) is 0 Å². The molecule has 172 valence electrons. The van der Waals surface area contributed by atoms with Crippen LogP contribution >= 0.6 is 0 Å². The Bertz CT molecular complexity index is 1080. The van der Waals surface area contributed by atoms with Crippen molar-refractivity contribution in [2.45, 2.75) is 24.7 Å². The third-order valence-corrected chi connectivity index (χ3v) is 6.79. The summed E-state index contributed by atoms with van der Waals surface area (Å²) in [4.78, 5) is 2.46. The zero-order chi connectivity index (χ0) is 22.6. The maximum absolute atomic E-state index is 10.1. The number of nitrogens with zero attached hydrogens (tertiary/aromatic N) is 1. The fourth-order valence-electron chi connectivity index (χ4n) is 5.05. The second kappa shape index (κ2) is 9.75. The zero-order valence-electron chi connectivity index (χ0n) is 19.1. The van der Waals surface area contributed by atoms with Crippen molar-refractivity contribution in [1.29, 1.82) is 0 Å². The highest BCUT2D eigenvalue weighted by Crippen LogP contribution is 2.47. The van der Waals surface area contributed by atoms with E-state index in [2.05, 4.69) is 41.3 Å². The van der Waals surface area contributed by atoms with Gasteiger partial charge in [-0.05, 0) is 79.5 Å². The molecule has 3 aromatic carbocycles. The number of hydrogen-bond acceptors (Lipinski definition) is 5. The summed E-state index contributed by atoms with van der Waals surface area (Å²) >= 11 is 0. The normalized spacial score (nSPS) is 20.2. The predicted octanol–water partition coefficient (Wildman–Crippen LogP) is 5.18. The van der Waals surface area contributed by atoms with Crippen LogP contribution in [0.15, 0.2) is 66.7 Å². The molecule has 0 radical (unpaired) electrons. The van der Waals surface area contributed by atoms with Crippen molar-refractivity contribution in [3.63, 3.8) is 0 Å². The Morgan fingerprint density at radius 3 is 2.48 bits per heavy atom. The molecule has 0 aromatic heterocycles. The number of aromatic hydroxyl groups is 1. The molecule has 5 rings (SSSR count). The summed E-state index contributed by atoms with van der Waals surface area (Å²) in [5.41, 5.74) is 3.34. The molecule has 3 aromatic rings. The monoisotopic (exact) mass is 445 g/mol. The second-order valence-electron chi connectivity index (χ2n) is 8.86. The van der Waals surface area contributed by atoms with Crippen LogP contribution in [0.3, 0.4) is 0 Å². The average molecular weight is 446 g/mol. The highest BCUT2D eigenvalue weighted by Gasteiger charge is 2.34. The van der Waals surface area contributed by atoms with Crippen LogP contribution in [-0.2, 0) is 0 Å². The number of benzene rings is 3. The molecule has 2 aliphatic heterocycles. The largest absolute Gasteiger partial charge is 0.508 e. The second-order valence-corrected chi connectivity index (χ2v) is 8.86. The van der Waals surface area contributed by atoms with E-state index in [0.717, 1.165) is 34.9 Å². The molecule has 1 fully saturated rings. The molecule has 1 N–H and O–H groups in total. The molecule has 2 heterocycles. The van der Waals surface area contributed by atoms with Crippen LogP contribution in [0.4, 0.5) is 0 Å². The minimum atomic E-state index is 0.0682. The highest BCUT2D eigenvalue weighted by atomic mass is 16.5. The fraction of sp³-hybridized carbons (Fsp3) is 0.357. The van der Waals surface area contributed by atoms with Crippen LogP contribution in [0.5, 0.6) is 23.0 Å². The summed E-state index contributed by atoms with van der Waals surface area (Å²) in [6.07, 6.45) is 2.60. The van der Waals surface area contributed by atoms with Gasteiger partial charge in [-0.15, -0.1) is 0 Å². The van der Waals surface area contributed by atoms with Crippen molar-refractivity contribution in [3.8, 4) is 23.0 Å². The Morgan fingerprint density at radius 2 is 1.73 bits per heavy atom. The number of phenolic OH excluding ortho intramolecular Hbond substituents is 1. The summed E-state index contributed by atoms with van der Waals surface area (Å²) in [7, 11) is 1.68. The number of methoxy groups -OCH3 is 1. The number of phenols is 1. The smallest absolute Gasteiger partial charge is 0.123 e. The topological polar surface area (TPSA) is 51.2 Å². The lowest BCUT2D eigenvalue weighted by Gasteiger charge is -2.34. The van der Waals surface area contributed by atoms with Gasteiger partial charge in [-0.25, -0.2) is 0 Å². The highest BCUT2D eigenvalue weighted by molar-refractivity contribution is 5.51. The molecule has 0 spiro atoms. The minimum Gasteiger partial charge on any atom is -0.508 e. The SMILES string of the molecule is COc1ccc2c(c1)[C@H](c1ccc(OCCN3CCCC3)cc1)[C@H](c1cccc(O)c1)CO2. The molecule has 2 atom stereocenters. The van der Waals surface area contributed by atoms with Crippen molar-refractivity contribution in [2.75, 3.05) is 40.0 Å². The Morgan fingerprint density at radius 1 is 0.939 bits per heavy atom. The quantitative estimate of drug-likeness (QED) is 0.543. The van der Waals surface area contributed by atoms with E-state index in [1.807, 2.05) is 24.3 Å². The number of fused-ring (bicyclic) bond motifs is 1. The molecule has 5 nitrogen and oxygen atoms in total. The van der Waals surface area contributed by atoms with E-state index < -0.39 is 0 Å². The number of ether oxygens (including phenoxy) is 3. The number of likely N-dealkylation sites (tertiary alicyclic amines) is 1. The van der Waals surface area contributed by atoms with Crippen LogP contribution in [-0.4, -0.2) is 50.0 Å². The van der Waals surface area contributed by atoms with Gasteiger partial charge < -0.3 is 19.3 Å². The summed E-state index contributed by atoms with van der Waals surface area (Å²) in [6.45, 7) is 4.61. The standard InChI is InChI=1S/C28H31NO4/c1-31-24-11-12-27-25(18-24)28(26(19-33-27)21-5-4-6-22(30)17-21)20-7-9-23(10-8-20)32-16-15-29-13-2-3-14-29/h4-12,17-18,26,28,30H,2-3,13-16,19H2,1H3/t26-,28-/m0/s1. The fourth-order valence-corrected chi connectivity index (χ4v) is 5.05. The lowest BCUT2D eigenvalue weighted by atomic mass is 9.76. The Kier molecular flexibility index (Phi) is 6.40. The van der Waals surface area contributed by atoms with Gasteiger partial charge in [-0.2, -0.15) is 0 Å². The maximum atomic E-state index is 10.1. The molecule has 0 unspecified atom stereocenters. The third kappa shape index (κ3) is 4.79. The first kappa shape index (κ1) is 21.7. The average Bonchev–Trinajstić information content (AvgIpc) is 3.37. The lowest BCUT2D eigenvalue weighted by Crippen LogP contribution is -2.25. The van der Waals surface area contributed by atoms with Crippen molar-refractivity contribution < 1.29 is 19.3 Å². The summed E-state index contributed by atoms with van der Waals surface area (Å²) in [6, 6.07) is 21.9.